The molecule has 2 N–H and O–H groups in total. The van der Waals surface area contributed by atoms with Gasteiger partial charge < -0.3 is 5.32 Å². The van der Waals surface area contributed by atoms with E-state index in [9.17, 15) is 4.79 Å². The van der Waals surface area contributed by atoms with E-state index in [0.29, 0.717) is 16.7 Å². The first kappa shape index (κ1) is 11.6. The SMILES string of the molecule is Cc1c(Cl)cccc1Nc1nnc(C)c(=O)[nH]1. The first-order valence-electron chi connectivity index (χ1n) is 5.03. The molecule has 0 bridgehead atoms. The van der Waals surface area contributed by atoms with Crippen molar-refractivity contribution in [1.82, 2.24) is 15.2 Å². The second-order valence-electron chi connectivity index (χ2n) is 3.63. The molecule has 0 amide bonds. The normalized spacial score (nSPS) is 10.3. The highest BCUT2D eigenvalue weighted by atomic mass is 35.5. The van der Waals surface area contributed by atoms with Crippen molar-refractivity contribution >= 4 is 23.2 Å². The van der Waals surface area contributed by atoms with Crippen LogP contribution in [-0.2, 0) is 0 Å². The zero-order valence-corrected chi connectivity index (χ0v) is 10.2. The van der Waals surface area contributed by atoms with Gasteiger partial charge in [-0.05, 0) is 31.5 Å². The Balaban J connectivity index is 2.35. The van der Waals surface area contributed by atoms with Crippen molar-refractivity contribution in [2.24, 2.45) is 0 Å². The number of aromatic amines is 1. The fourth-order valence-electron chi connectivity index (χ4n) is 1.32. The van der Waals surface area contributed by atoms with Gasteiger partial charge in [-0.1, -0.05) is 17.7 Å². The van der Waals surface area contributed by atoms with Gasteiger partial charge in [-0.15, -0.1) is 10.2 Å². The van der Waals surface area contributed by atoms with Gasteiger partial charge in [-0.25, -0.2) is 0 Å². The van der Waals surface area contributed by atoms with Crippen LogP contribution in [-0.4, -0.2) is 15.2 Å². The molecule has 1 heterocycles. The summed E-state index contributed by atoms with van der Waals surface area (Å²) in [4.78, 5) is 13.9. The highest BCUT2D eigenvalue weighted by molar-refractivity contribution is 6.31. The second kappa shape index (κ2) is 4.55. The fraction of sp³-hybridized carbons (Fsp3) is 0.182. The van der Waals surface area contributed by atoms with Crippen LogP contribution in [0.25, 0.3) is 0 Å². The van der Waals surface area contributed by atoms with Gasteiger partial charge in [0.25, 0.3) is 5.56 Å². The van der Waals surface area contributed by atoms with E-state index in [1.54, 1.807) is 13.0 Å². The molecule has 17 heavy (non-hydrogen) atoms. The molecular formula is C11H11ClN4O. The summed E-state index contributed by atoms with van der Waals surface area (Å²) in [5.41, 5.74) is 1.74. The number of hydrogen-bond donors (Lipinski definition) is 2. The highest BCUT2D eigenvalue weighted by Gasteiger charge is 2.04. The van der Waals surface area contributed by atoms with Gasteiger partial charge in [0.15, 0.2) is 0 Å². The Morgan fingerprint density at radius 3 is 2.76 bits per heavy atom. The molecule has 6 heteroatoms. The molecule has 0 saturated carbocycles. The van der Waals surface area contributed by atoms with Crippen molar-refractivity contribution in [1.29, 1.82) is 0 Å². The molecule has 2 rings (SSSR count). The lowest BCUT2D eigenvalue weighted by Gasteiger charge is -2.08. The molecule has 1 aromatic heterocycles. The molecular weight excluding hydrogens is 240 g/mol. The predicted molar refractivity (Wildman–Crippen MR) is 66.9 cm³/mol. The first-order valence-corrected chi connectivity index (χ1v) is 5.41. The number of hydrogen-bond acceptors (Lipinski definition) is 4. The Labute approximate surface area is 103 Å². The Kier molecular flexibility index (Phi) is 3.10. The lowest BCUT2D eigenvalue weighted by atomic mass is 10.2. The molecule has 0 aliphatic rings. The van der Waals surface area contributed by atoms with Gasteiger partial charge in [0, 0.05) is 10.7 Å². The van der Waals surface area contributed by atoms with Crippen LogP contribution in [0.4, 0.5) is 11.6 Å². The molecule has 5 nitrogen and oxygen atoms in total. The third-order valence-corrected chi connectivity index (χ3v) is 2.79. The molecule has 0 unspecified atom stereocenters. The van der Waals surface area contributed by atoms with Crippen molar-refractivity contribution in [3.8, 4) is 0 Å². The quantitative estimate of drug-likeness (QED) is 0.857. The van der Waals surface area contributed by atoms with E-state index >= 15 is 0 Å². The summed E-state index contributed by atoms with van der Waals surface area (Å²) < 4.78 is 0. The summed E-state index contributed by atoms with van der Waals surface area (Å²) in [6, 6.07) is 5.46. The first-order chi connectivity index (χ1) is 8.08. The van der Waals surface area contributed by atoms with Gasteiger partial charge in [0.1, 0.15) is 5.69 Å². The van der Waals surface area contributed by atoms with Gasteiger partial charge in [-0.2, -0.15) is 0 Å². The fourth-order valence-corrected chi connectivity index (χ4v) is 1.49. The number of halogens is 1. The molecule has 88 valence electrons. The summed E-state index contributed by atoms with van der Waals surface area (Å²) in [7, 11) is 0. The summed E-state index contributed by atoms with van der Waals surface area (Å²) in [6.45, 7) is 3.48. The zero-order chi connectivity index (χ0) is 12.4. The number of nitrogens with one attached hydrogen (secondary N) is 2. The number of rotatable bonds is 2. The lowest BCUT2D eigenvalue weighted by molar-refractivity contribution is 0.907. The van der Waals surface area contributed by atoms with Crippen molar-refractivity contribution in [3.63, 3.8) is 0 Å². The van der Waals surface area contributed by atoms with Crippen LogP contribution < -0.4 is 10.9 Å². The van der Waals surface area contributed by atoms with Gasteiger partial charge in [0.2, 0.25) is 5.95 Å². The number of H-pyrrole nitrogens is 1. The van der Waals surface area contributed by atoms with Crippen LogP contribution in [0.15, 0.2) is 23.0 Å². The van der Waals surface area contributed by atoms with Gasteiger partial charge in [-0.3, -0.25) is 9.78 Å². The van der Waals surface area contributed by atoms with Crippen molar-refractivity contribution in [2.45, 2.75) is 13.8 Å². The number of anilines is 2. The lowest BCUT2D eigenvalue weighted by Crippen LogP contribution is -2.15. The maximum absolute atomic E-state index is 11.4. The van der Waals surface area contributed by atoms with Crippen molar-refractivity contribution in [2.75, 3.05) is 5.32 Å². The van der Waals surface area contributed by atoms with Crippen LogP contribution in [0.5, 0.6) is 0 Å². The highest BCUT2D eigenvalue weighted by Crippen LogP contribution is 2.24. The zero-order valence-electron chi connectivity index (χ0n) is 9.41. The van der Waals surface area contributed by atoms with Crippen LogP contribution in [0, 0.1) is 13.8 Å². The molecule has 0 aliphatic heterocycles. The average Bonchev–Trinajstić information content (AvgIpc) is 2.30. The number of nitrogens with zero attached hydrogens (tertiary/aromatic N) is 2. The molecule has 0 saturated heterocycles. The van der Waals surface area contributed by atoms with Crippen molar-refractivity contribution < 1.29 is 0 Å². The maximum atomic E-state index is 11.4. The van der Waals surface area contributed by atoms with E-state index in [0.717, 1.165) is 11.3 Å². The summed E-state index contributed by atoms with van der Waals surface area (Å²) in [5, 5.41) is 11.2. The Hall–Kier alpha value is -1.88. The Morgan fingerprint density at radius 2 is 2.06 bits per heavy atom. The minimum atomic E-state index is -0.262. The predicted octanol–water partition coefficient (Wildman–Crippen LogP) is 2.18. The maximum Gasteiger partial charge on any atom is 0.273 e. The molecule has 0 atom stereocenters. The van der Waals surface area contributed by atoms with Crippen LogP contribution in [0.3, 0.4) is 0 Å². The Morgan fingerprint density at radius 1 is 1.29 bits per heavy atom. The standard InChI is InChI=1S/C11H11ClN4O/c1-6-8(12)4-3-5-9(6)13-11-14-10(17)7(2)15-16-11/h3-5H,1-2H3,(H2,13,14,16,17). The molecule has 0 spiro atoms. The second-order valence-corrected chi connectivity index (χ2v) is 4.03. The summed E-state index contributed by atoms with van der Waals surface area (Å²) in [5.74, 6) is 0.297. The minimum absolute atomic E-state index is 0.262. The third kappa shape index (κ3) is 2.45. The number of aromatic nitrogens is 3. The largest absolute Gasteiger partial charge is 0.324 e. The third-order valence-electron chi connectivity index (χ3n) is 2.38. The van der Waals surface area contributed by atoms with E-state index in [1.165, 1.54) is 0 Å². The number of aryl methyl sites for hydroxylation is 1. The monoisotopic (exact) mass is 250 g/mol. The molecule has 0 radical (unpaired) electrons. The summed E-state index contributed by atoms with van der Waals surface area (Å²) in [6.07, 6.45) is 0. The number of benzene rings is 1. The molecule has 0 fully saturated rings. The van der Waals surface area contributed by atoms with Gasteiger partial charge >= 0.3 is 0 Å². The van der Waals surface area contributed by atoms with Crippen LogP contribution in [0.2, 0.25) is 5.02 Å². The smallest absolute Gasteiger partial charge is 0.273 e. The van der Waals surface area contributed by atoms with Crippen LogP contribution >= 0.6 is 11.6 Å². The van der Waals surface area contributed by atoms with E-state index in [4.69, 9.17) is 11.6 Å². The topological polar surface area (TPSA) is 70.7 Å². The van der Waals surface area contributed by atoms with E-state index in [-0.39, 0.29) is 5.56 Å². The average molecular weight is 251 g/mol. The van der Waals surface area contributed by atoms with E-state index in [2.05, 4.69) is 20.5 Å². The summed E-state index contributed by atoms with van der Waals surface area (Å²) >= 11 is 5.99. The van der Waals surface area contributed by atoms with Crippen LogP contribution in [0.1, 0.15) is 11.3 Å². The van der Waals surface area contributed by atoms with E-state index < -0.39 is 0 Å². The van der Waals surface area contributed by atoms with Gasteiger partial charge in [0.05, 0.1) is 0 Å². The van der Waals surface area contributed by atoms with E-state index in [1.807, 2.05) is 19.1 Å². The molecule has 1 aromatic carbocycles. The van der Waals surface area contributed by atoms with Crippen molar-refractivity contribution in [3.05, 3.63) is 44.8 Å². The minimum Gasteiger partial charge on any atom is -0.324 e. The Bertz CT molecular complexity index is 609. The molecule has 2 aromatic rings. The molecule has 0 aliphatic carbocycles.